The first-order valence-electron chi connectivity index (χ1n) is 9.62. The minimum atomic E-state index is -3.52. The first-order valence-corrected chi connectivity index (χ1v) is 11.1. The lowest BCUT2D eigenvalue weighted by Crippen LogP contribution is -2.50. The summed E-state index contributed by atoms with van der Waals surface area (Å²) in [6.07, 6.45) is 3.73. The van der Waals surface area contributed by atoms with Crippen LogP contribution in [0.2, 0.25) is 0 Å². The topological polar surface area (TPSA) is 96.6 Å². The van der Waals surface area contributed by atoms with Crippen molar-refractivity contribution in [2.24, 2.45) is 0 Å². The number of amides is 1. The van der Waals surface area contributed by atoms with Gasteiger partial charge < -0.3 is 9.42 Å². The lowest BCUT2D eigenvalue weighted by atomic mass is 10.1. The molecule has 0 radical (unpaired) electrons. The Balaban J connectivity index is 1.34. The van der Waals surface area contributed by atoms with Gasteiger partial charge in [-0.05, 0) is 49.4 Å². The average molecular weight is 404 g/mol. The van der Waals surface area contributed by atoms with Crippen molar-refractivity contribution in [3.63, 3.8) is 0 Å². The van der Waals surface area contributed by atoms with E-state index in [1.165, 1.54) is 9.87 Å². The van der Waals surface area contributed by atoms with E-state index in [1.807, 2.05) is 12.1 Å². The Hall–Kier alpha value is -2.26. The van der Waals surface area contributed by atoms with E-state index in [9.17, 15) is 13.2 Å². The highest BCUT2D eigenvalue weighted by atomic mass is 32.2. The van der Waals surface area contributed by atoms with Crippen molar-refractivity contribution in [2.75, 3.05) is 26.2 Å². The summed E-state index contributed by atoms with van der Waals surface area (Å²) in [5, 5.41) is 3.71. The Bertz CT molecular complexity index is 978. The summed E-state index contributed by atoms with van der Waals surface area (Å²) in [4.78, 5) is 18.6. The van der Waals surface area contributed by atoms with Crippen LogP contribution in [0.3, 0.4) is 0 Å². The number of hydrogen-bond donors (Lipinski definition) is 0. The summed E-state index contributed by atoms with van der Waals surface area (Å²) in [5.41, 5.74) is 2.40. The summed E-state index contributed by atoms with van der Waals surface area (Å²) >= 11 is 0. The average Bonchev–Trinajstić information content (AvgIpc) is 3.34. The number of hydrogen-bond acceptors (Lipinski definition) is 6. The van der Waals surface area contributed by atoms with Crippen LogP contribution in [0.15, 0.2) is 27.6 Å². The SMILES string of the molecule is Cc1noc(CCC(=O)N2CCN(S(=O)(=O)c3ccc4c(c3)CCC4)CC2)n1. The predicted octanol–water partition coefficient (Wildman–Crippen LogP) is 1.33. The molecule has 150 valence electrons. The molecule has 2 heterocycles. The normalized spacial score (nSPS) is 17.7. The number of carbonyl (C=O) groups is 1. The lowest BCUT2D eigenvalue weighted by Gasteiger charge is -2.34. The molecule has 1 amide bonds. The van der Waals surface area contributed by atoms with Gasteiger partial charge in [-0.1, -0.05) is 11.2 Å². The Labute approximate surface area is 164 Å². The zero-order valence-electron chi connectivity index (χ0n) is 15.9. The van der Waals surface area contributed by atoms with Crippen LogP contribution in [0.4, 0.5) is 0 Å². The van der Waals surface area contributed by atoms with Crippen LogP contribution in [0.5, 0.6) is 0 Å². The highest BCUT2D eigenvalue weighted by molar-refractivity contribution is 7.89. The number of nitrogens with zero attached hydrogens (tertiary/aromatic N) is 4. The van der Waals surface area contributed by atoms with Gasteiger partial charge in [0.15, 0.2) is 5.82 Å². The molecule has 1 aromatic carbocycles. The van der Waals surface area contributed by atoms with Gasteiger partial charge in [-0.15, -0.1) is 0 Å². The molecule has 28 heavy (non-hydrogen) atoms. The van der Waals surface area contributed by atoms with Crippen molar-refractivity contribution < 1.29 is 17.7 Å². The van der Waals surface area contributed by atoms with E-state index in [4.69, 9.17) is 4.52 Å². The summed E-state index contributed by atoms with van der Waals surface area (Å²) in [7, 11) is -3.52. The molecule has 0 N–H and O–H groups in total. The van der Waals surface area contributed by atoms with Crippen LogP contribution in [-0.4, -0.2) is 59.8 Å². The number of piperazine rings is 1. The van der Waals surface area contributed by atoms with E-state index < -0.39 is 10.0 Å². The summed E-state index contributed by atoms with van der Waals surface area (Å²) in [6.45, 7) is 3.14. The molecular weight excluding hydrogens is 380 g/mol. The number of aryl methyl sites for hydroxylation is 4. The first-order chi connectivity index (χ1) is 13.4. The molecule has 1 saturated heterocycles. The van der Waals surface area contributed by atoms with Crippen LogP contribution in [0, 0.1) is 6.92 Å². The highest BCUT2D eigenvalue weighted by Gasteiger charge is 2.30. The van der Waals surface area contributed by atoms with E-state index >= 15 is 0 Å². The fourth-order valence-electron chi connectivity index (χ4n) is 3.85. The highest BCUT2D eigenvalue weighted by Crippen LogP contribution is 2.26. The van der Waals surface area contributed by atoms with Gasteiger partial charge in [-0.25, -0.2) is 8.42 Å². The van der Waals surface area contributed by atoms with Gasteiger partial charge >= 0.3 is 0 Å². The van der Waals surface area contributed by atoms with Crippen LogP contribution >= 0.6 is 0 Å². The molecule has 8 nitrogen and oxygen atoms in total. The fourth-order valence-corrected chi connectivity index (χ4v) is 5.32. The third kappa shape index (κ3) is 3.81. The van der Waals surface area contributed by atoms with E-state index in [0.29, 0.717) is 49.2 Å². The first kappa shape index (κ1) is 19.1. The van der Waals surface area contributed by atoms with Gasteiger partial charge in [0.2, 0.25) is 21.8 Å². The second-order valence-corrected chi connectivity index (χ2v) is 9.24. The van der Waals surface area contributed by atoms with Gasteiger partial charge in [-0.3, -0.25) is 4.79 Å². The number of carbonyl (C=O) groups excluding carboxylic acids is 1. The van der Waals surface area contributed by atoms with Gasteiger partial charge in [-0.2, -0.15) is 9.29 Å². The summed E-state index contributed by atoms with van der Waals surface area (Å²) in [5.74, 6) is 0.974. The minimum absolute atomic E-state index is 0.0227. The quantitative estimate of drug-likeness (QED) is 0.746. The van der Waals surface area contributed by atoms with E-state index in [0.717, 1.165) is 24.8 Å². The van der Waals surface area contributed by atoms with Gasteiger partial charge in [0.1, 0.15) is 0 Å². The molecule has 1 aliphatic heterocycles. The van der Waals surface area contributed by atoms with Crippen molar-refractivity contribution in [1.82, 2.24) is 19.3 Å². The molecule has 9 heteroatoms. The lowest BCUT2D eigenvalue weighted by molar-refractivity contribution is -0.132. The Morgan fingerprint density at radius 3 is 2.61 bits per heavy atom. The minimum Gasteiger partial charge on any atom is -0.340 e. The molecule has 0 atom stereocenters. The van der Waals surface area contributed by atoms with Crippen molar-refractivity contribution in [3.05, 3.63) is 41.0 Å². The molecule has 2 aromatic rings. The smallest absolute Gasteiger partial charge is 0.243 e. The second kappa shape index (κ2) is 7.63. The maximum absolute atomic E-state index is 13.0. The molecule has 1 aromatic heterocycles. The molecule has 1 aliphatic carbocycles. The predicted molar refractivity (Wildman–Crippen MR) is 101 cm³/mol. The Morgan fingerprint density at radius 2 is 1.89 bits per heavy atom. The van der Waals surface area contributed by atoms with Crippen LogP contribution < -0.4 is 0 Å². The zero-order chi connectivity index (χ0) is 19.7. The van der Waals surface area contributed by atoms with Gasteiger partial charge in [0, 0.05) is 39.0 Å². The van der Waals surface area contributed by atoms with Crippen LogP contribution in [0.25, 0.3) is 0 Å². The monoisotopic (exact) mass is 404 g/mol. The molecule has 0 unspecified atom stereocenters. The number of sulfonamides is 1. The van der Waals surface area contributed by atoms with Crippen LogP contribution in [-0.2, 0) is 34.1 Å². The molecule has 1 fully saturated rings. The number of rotatable bonds is 5. The second-order valence-electron chi connectivity index (χ2n) is 7.30. The van der Waals surface area contributed by atoms with E-state index in [1.54, 1.807) is 17.9 Å². The molecule has 0 saturated carbocycles. The molecular formula is C19H24N4O4S. The van der Waals surface area contributed by atoms with E-state index in [2.05, 4.69) is 10.1 Å². The standard InChI is InChI=1S/C19H24N4O4S/c1-14-20-18(27-21-14)7-8-19(24)22-9-11-23(12-10-22)28(25,26)17-6-5-15-3-2-4-16(15)13-17/h5-6,13H,2-4,7-12H2,1H3. The number of benzene rings is 1. The van der Waals surface area contributed by atoms with Crippen LogP contribution in [0.1, 0.15) is 35.7 Å². The summed E-state index contributed by atoms with van der Waals surface area (Å²) < 4.78 is 32.4. The molecule has 4 rings (SSSR count). The van der Waals surface area contributed by atoms with Crippen molar-refractivity contribution in [1.29, 1.82) is 0 Å². The molecule has 0 spiro atoms. The maximum atomic E-state index is 13.0. The number of fused-ring (bicyclic) bond motifs is 1. The Kier molecular flexibility index (Phi) is 5.20. The summed E-state index contributed by atoms with van der Waals surface area (Å²) in [6, 6.07) is 5.47. The Morgan fingerprint density at radius 1 is 1.14 bits per heavy atom. The van der Waals surface area contributed by atoms with Crippen molar-refractivity contribution in [2.45, 2.75) is 43.9 Å². The van der Waals surface area contributed by atoms with Crippen molar-refractivity contribution >= 4 is 15.9 Å². The molecule has 2 aliphatic rings. The van der Waals surface area contributed by atoms with Gasteiger partial charge in [0.25, 0.3) is 0 Å². The maximum Gasteiger partial charge on any atom is 0.243 e. The largest absolute Gasteiger partial charge is 0.340 e. The zero-order valence-corrected chi connectivity index (χ0v) is 16.7. The van der Waals surface area contributed by atoms with Gasteiger partial charge in [0.05, 0.1) is 4.90 Å². The third-order valence-corrected chi connectivity index (χ3v) is 7.32. The molecule has 0 bridgehead atoms. The van der Waals surface area contributed by atoms with Crippen molar-refractivity contribution in [3.8, 4) is 0 Å². The third-order valence-electron chi connectivity index (χ3n) is 5.42. The fraction of sp³-hybridized carbons (Fsp3) is 0.526. The number of aromatic nitrogens is 2. The van der Waals surface area contributed by atoms with E-state index in [-0.39, 0.29) is 12.3 Å².